The molecule has 1 saturated heterocycles. The van der Waals surface area contributed by atoms with Gasteiger partial charge in [0.2, 0.25) is 0 Å². The van der Waals surface area contributed by atoms with Gasteiger partial charge in [-0.1, -0.05) is 6.07 Å². The van der Waals surface area contributed by atoms with Gasteiger partial charge in [0.25, 0.3) is 0 Å². The van der Waals surface area contributed by atoms with Crippen molar-refractivity contribution in [3.05, 3.63) is 76.6 Å². The highest BCUT2D eigenvalue weighted by molar-refractivity contribution is 7.10. The third kappa shape index (κ3) is 5.80. The molecule has 3 aromatic rings. The van der Waals surface area contributed by atoms with Crippen LogP contribution in [-0.2, 0) is 16.1 Å². The molecule has 2 atom stereocenters. The number of carbonyl (C=O) groups excluding carboxylic acids is 2. The minimum atomic E-state index is -0.690. The average molecular weight is 471 g/mol. The lowest BCUT2D eigenvalue weighted by atomic mass is 10.0. The van der Waals surface area contributed by atoms with Crippen LogP contribution >= 0.6 is 11.3 Å². The molecule has 7 nitrogen and oxygen atoms in total. The van der Waals surface area contributed by atoms with Crippen LogP contribution < -0.4 is 15.5 Å². The van der Waals surface area contributed by atoms with Gasteiger partial charge in [-0.2, -0.15) is 0 Å². The molecule has 3 heterocycles. The van der Waals surface area contributed by atoms with E-state index in [1.165, 1.54) is 18.4 Å². The second-order valence-electron chi connectivity index (χ2n) is 7.98. The zero-order chi connectivity index (χ0) is 23.2. The maximum absolute atomic E-state index is 13.3. The molecule has 0 saturated carbocycles. The van der Waals surface area contributed by atoms with Gasteiger partial charge >= 0.3 is 11.8 Å². The predicted molar refractivity (Wildman–Crippen MR) is 125 cm³/mol. The van der Waals surface area contributed by atoms with Crippen molar-refractivity contribution in [2.45, 2.75) is 25.6 Å². The van der Waals surface area contributed by atoms with E-state index in [4.69, 9.17) is 4.42 Å². The molecule has 2 amide bonds. The summed E-state index contributed by atoms with van der Waals surface area (Å²) in [4.78, 5) is 30.5. The van der Waals surface area contributed by atoms with Crippen LogP contribution in [0.15, 0.2) is 64.6 Å². The van der Waals surface area contributed by atoms with Crippen molar-refractivity contribution >= 4 is 28.8 Å². The molecular formula is C24H27FN4O3S. The molecule has 174 valence electrons. The summed E-state index contributed by atoms with van der Waals surface area (Å²) in [6.07, 6.45) is 1.52. The first-order valence-corrected chi connectivity index (χ1v) is 11.8. The normalized spacial score (nSPS) is 16.2. The molecule has 0 bridgehead atoms. The minimum absolute atomic E-state index is 0.0535. The summed E-state index contributed by atoms with van der Waals surface area (Å²) in [7, 11) is 0. The molecule has 0 unspecified atom stereocenters. The van der Waals surface area contributed by atoms with E-state index in [2.05, 4.69) is 26.5 Å². The number of nitrogens with one attached hydrogen (secondary N) is 2. The third-order valence-corrected chi connectivity index (χ3v) is 6.72. The number of nitrogens with zero attached hydrogens (tertiary/aromatic N) is 2. The maximum Gasteiger partial charge on any atom is 0.309 e. The number of thiophene rings is 1. The number of halogens is 1. The first kappa shape index (κ1) is 23.0. The Balaban J connectivity index is 1.37. The fraction of sp³-hybridized carbons (Fsp3) is 0.333. The monoisotopic (exact) mass is 470 g/mol. The molecule has 2 aromatic heterocycles. The number of piperazine rings is 1. The summed E-state index contributed by atoms with van der Waals surface area (Å²) < 4.78 is 18.4. The zero-order valence-electron chi connectivity index (χ0n) is 18.4. The van der Waals surface area contributed by atoms with Crippen molar-refractivity contribution in [1.29, 1.82) is 0 Å². The Morgan fingerprint density at radius 2 is 1.82 bits per heavy atom. The SMILES string of the molecule is C[C@H](NC(=O)C(=O)NCc1ccco1)[C@@H](c1cccs1)N1CCN(c2ccc(F)cc2)CC1. The van der Waals surface area contributed by atoms with Crippen molar-refractivity contribution in [3.63, 3.8) is 0 Å². The van der Waals surface area contributed by atoms with E-state index in [1.54, 1.807) is 35.6 Å². The van der Waals surface area contributed by atoms with E-state index in [-0.39, 0.29) is 24.4 Å². The third-order valence-electron chi connectivity index (χ3n) is 5.78. The van der Waals surface area contributed by atoms with Crippen LogP contribution in [0.5, 0.6) is 0 Å². The lowest BCUT2D eigenvalue weighted by Crippen LogP contribution is -2.53. The quantitative estimate of drug-likeness (QED) is 0.519. The highest BCUT2D eigenvalue weighted by atomic mass is 32.1. The number of furan rings is 1. The number of hydrogen-bond acceptors (Lipinski definition) is 6. The van der Waals surface area contributed by atoms with Crippen molar-refractivity contribution in [2.75, 3.05) is 31.1 Å². The number of benzene rings is 1. The first-order valence-electron chi connectivity index (χ1n) is 10.9. The average Bonchev–Trinajstić information content (AvgIpc) is 3.53. The van der Waals surface area contributed by atoms with E-state index in [0.29, 0.717) is 5.76 Å². The molecule has 0 radical (unpaired) electrons. The van der Waals surface area contributed by atoms with Crippen LogP contribution in [-0.4, -0.2) is 48.9 Å². The number of amides is 2. The van der Waals surface area contributed by atoms with E-state index in [9.17, 15) is 14.0 Å². The summed E-state index contributed by atoms with van der Waals surface area (Å²) in [5, 5.41) is 7.47. The van der Waals surface area contributed by atoms with Gasteiger partial charge in [-0.15, -0.1) is 11.3 Å². The van der Waals surface area contributed by atoms with Gasteiger partial charge in [-0.3, -0.25) is 14.5 Å². The first-order chi connectivity index (χ1) is 16.0. The molecule has 1 fully saturated rings. The molecule has 9 heteroatoms. The molecular weight excluding hydrogens is 443 g/mol. The summed E-state index contributed by atoms with van der Waals surface area (Å²) in [5.74, 6) is -1.02. The van der Waals surface area contributed by atoms with Crippen LogP contribution in [0.25, 0.3) is 0 Å². The van der Waals surface area contributed by atoms with Gasteiger partial charge in [0.1, 0.15) is 11.6 Å². The summed E-state index contributed by atoms with van der Waals surface area (Å²) in [6.45, 7) is 5.23. The number of anilines is 1. The van der Waals surface area contributed by atoms with Crippen LogP contribution in [0.1, 0.15) is 23.6 Å². The Bertz CT molecular complexity index is 1030. The van der Waals surface area contributed by atoms with E-state index < -0.39 is 11.8 Å². The Hall–Kier alpha value is -3.17. The van der Waals surface area contributed by atoms with Crippen molar-refractivity contribution < 1.29 is 18.4 Å². The predicted octanol–water partition coefficient (Wildman–Crippen LogP) is 3.16. The molecule has 33 heavy (non-hydrogen) atoms. The van der Waals surface area contributed by atoms with Gasteiger partial charge in [-0.05, 0) is 54.8 Å². The van der Waals surface area contributed by atoms with Crippen LogP contribution in [0.3, 0.4) is 0 Å². The zero-order valence-corrected chi connectivity index (χ0v) is 19.2. The smallest absolute Gasteiger partial charge is 0.309 e. The molecule has 4 rings (SSSR count). The summed E-state index contributed by atoms with van der Waals surface area (Å²) in [6, 6.07) is 13.7. The van der Waals surface area contributed by atoms with E-state index in [0.717, 1.165) is 36.7 Å². The van der Waals surface area contributed by atoms with Gasteiger partial charge in [-0.25, -0.2) is 4.39 Å². The fourth-order valence-electron chi connectivity index (χ4n) is 4.12. The largest absolute Gasteiger partial charge is 0.467 e. The fourth-order valence-corrected chi connectivity index (χ4v) is 5.09. The summed E-state index contributed by atoms with van der Waals surface area (Å²) >= 11 is 1.63. The minimum Gasteiger partial charge on any atom is -0.467 e. The number of carbonyl (C=O) groups is 2. The van der Waals surface area contributed by atoms with Crippen LogP contribution in [0, 0.1) is 5.82 Å². The Morgan fingerprint density at radius 1 is 1.06 bits per heavy atom. The second-order valence-corrected chi connectivity index (χ2v) is 8.96. The number of rotatable bonds is 7. The van der Waals surface area contributed by atoms with Crippen molar-refractivity contribution in [3.8, 4) is 0 Å². The summed E-state index contributed by atoms with van der Waals surface area (Å²) in [5.41, 5.74) is 0.998. The standard InChI is InChI=1S/C24H27FN4O3S/c1-17(27-24(31)23(30)26-16-20-4-2-14-32-20)22(21-5-3-15-33-21)29-12-10-28(11-13-29)19-8-6-18(25)7-9-19/h2-9,14-15,17,22H,10-13,16H2,1H3,(H,26,30)(H,27,31)/t17-,22-/m0/s1. The Labute approximate surface area is 196 Å². The molecule has 0 spiro atoms. The molecule has 1 aliphatic heterocycles. The second kappa shape index (κ2) is 10.6. The number of hydrogen-bond donors (Lipinski definition) is 2. The Kier molecular flexibility index (Phi) is 7.41. The van der Waals surface area contributed by atoms with Crippen LogP contribution in [0.4, 0.5) is 10.1 Å². The van der Waals surface area contributed by atoms with Gasteiger partial charge in [0.05, 0.1) is 18.8 Å². The maximum atomic E-state index is 13.3. The topological polar surface area (TPSA) is 77.8 Å². The van der Waals surface area contributed by atoms with Crippen molar-refractivity contribution in [1.82, 2.24) is 15.5 Å². The van der Waals surface area contributed by atoms with E-state index >= 15 is 0 Å². The van der Waals surface area contributed by atoms with Crippen molar-refractivity contribution in [2.24, 2.45) is 0 Å². The van der Waals surface area contributed by atoms with Gasteiger partial charge in [0, 0.05) is 42.8 Å². The Morgan fingerprint density at radius 3 is 2.45 bits per heavy atom. The molecule has 0 aliphatic carbocycles. The highest BCUT2D eigenvalue weighted by Crippen LogP contribution is 2.30. The molecule has 2 N–H and O–H groups in total. The highest BCUT2D eigenvalue weighted by Gasteiger charge is 2.32. The van der Waals surface area contributed by atoms with Gasteiger partial charge in [0.15, 0.2) is 0 Å². The van der Waals surface area contributed by atoms with Gasteiger partial charge < -0.3 is 20.0 Å². The van der Waals surface area contributed by atoms with Crippen LogP contribution in [0.2, 0.25) is 0 Å². The van der Waals surface area contributed by atoms with E-state index in [1.807, 2.05) is 18.4 Å². The molecule has 1 aliphatic rings. The lowest BCUT2D eigenvalue weighted by molar-refractivity contribution is -0.140. The lowest BCUT2D eigenvalue weighted by Gasteiger charge is -2.42. The molecule has 1 aromatic carbocycles.